The molecule has 0 fully saturated rings. The molecule has 10 heteroatoms. The largest absolute Gasteiger partial charge is 0.449 e. The van der Waals surface area contributed by atoms with Gasteiger partial charge in [0.05, 0.1) is 16.6 Å². The van der Waals surface area contributed by atoms with Crippen molar-refractivity contribution in [1.82, 2.24) is 14.9 Å². The van der Waals surface area contributed by atoms with E-state index in [4.69, 9.17) is 5.73 Å². The van der Waals surface area contributed by atoms with E-state index >= 15 is 0 Å². The van der Waals surface area contributed by atoms with Crippen molar-refractivity contribution < 1.29 is 18.0 Å². The molecular weight excluding hydrogens is 416 g/mol. The normalized spacial score (nSPS) is 11.9. The Balaban J connectivity index is 0.00000364. The van der Waals surface area contributed by atoms with Crippen LogP contribution in [0.5, 0.6) is 0 Å². The number of rotatable bonds is 6. The van der Waals surface area contributed by atoms with Gasteiger partial charge in [0.25, 0.3) is 5.91 Å². The molecular formula is C18H27Cl2F3N4O. The van der Waals surface area contributed by atoms with Crippen molar-refractivity contribution in [2.75, 3.05) is 6.54 Å². The summed E-state index contributed by atoms with van der Waals surface area (Å²) in [5.41, 5.74) is 6.02. The number of nitrogens with two attached hydrogens (primary N) is 1. The average Bonchev–Trinajstić information content (AvgIpc) is 2.99. The van der Waals surface area contributed by atoms with Gasteiger partial charge in [0.15, 0.2) is 0 Å². The third-order valence-electron chi connectivity index (χ3n) is 4.84. The van der Waals surface area contributed by atoms with Gasteiger partial charge in [0.2, 0.25) is 5.82 Å². The highest BCUT2D eigenvalue weighted by atomic mass is 35.5. The van der Waals surface area contributed by atoms with Gasteiger partial charge in [-0.3, -0.25) is 4.79 Å². The van der Waals surface area contributed by atoms with E-state index in [2.05, 4.69) is 10.3 Å². The number of fused-ring (bicyclic) bond motifs is 1. The number of imidazole rings is 1. The third-order valence-corrected chi connectivity index (χ3v) is 4.84. The number of carbonyl (C=O) groups excluding carboxylic acids is 1. The molecule has 0 spiro atoms. The maximum atomic E-state index is 13.3. The molecule has 1 heterocycles. The molecule has 5 nitrogen and oxygen atoms in total. The summed E-state index contributed by atoms with van der Waals surface area (Å²) in [6.45, 7) is 7.47. The zero-order chi connectivity index (χ0) is 19.7. The van der Waals surface area contributed by atoms with Crippen molar-refractivity contribution in [2.24, 2.45) is 5.73 Å². The fourth-order valence-electron chi connectivity index (χ4n) is 3.04. The van der Waals surface area contributed by atoms with Crippen molar-refractivity contribution in [2.45, 2.75) is 58.3 Å². The first-order valence-electron chi connectivity index (χ1n) is 8.70. The molecule has 0 unspecified atom stereocenters. The number of alkyl halides is 3. The molecule has 2 aromatic rings. The zero-order valence-corrected chi connectivity index (χ0v) is 17.9. The molecule has 1 aromatic carbocycles. The Labute approximate surface area is 175 Å². The Kier molecular flexibility index (Phi) is 9.27. The molecule has 0 bridgehead atoms. The van der Waals surface area contributed by atoms with Gasteiger partial charge in [-0.15, -0.1) is 24.8 Å². The highest BCUT2D eigenvalue weighted by Crippen LogP contribution is 2.34. The quantitative estimate of drug-likeness (QED) is 0.678. The van der Waals surface area contributed by atoms with Crippen LogP contribution >= 0.6 is 24.8 Å². The summed E-state index contributed by atoms with van der Waals surface area (Å²) >= 11 is 0. The van der Waals surface area contributed by atoms with Crippen LogP contribution in [0.3, 0.4) is 0 Å². The van der Waals surface area contributed by atoms with Crippen LogP contribution in [0.15, 0.2) is 18.2 Å². The molecule has 1 amide bonds. The van der Waals surface area contributed by atoms with Crippen molar-refractivity contribution >= 4 is 41.8 Å². The fourth-order valence-corrected chi connectivity index (χ4v) is 3.04. The van der Waals surface area contributed by atoms with Crippen LogP contribution in [-0.2, 0) is 6.18 Å². The summed E-state index contributed by atoms with van der Waals surface area (Å²) in [5.74, 6) is -1.33. The number of nitrogens with one attached hydrogen (secondary N) is 1. The van der Waals surface area contributed by atoms with Crippen LogP contribution in [0, 0.1) is 0 Å². The molecule has 0 radical (unpaired) electrons. The maximum Gasteiger partial charge on any atom is 0.449 e. The number of benzene rings is 1. The lowest BCUT2D eigenvalue weighted by Gasteiger charge is -2.31. The Bertz CT molecular complexity index is 794. The lowest BCUT2D eigenvalue weighted by atomic mass is 9.92. The molecule has 160 valence electrons. The molecule has 2 rings (SSSR count). The van der Waals surface area contributed by atoms with E-state index in [0.717, 1.165) is 4.57 Å². The molecule has 1 aromatic heterocycles. The molecule has 0 aliphatic rings. The van der Waals surface area contributed by atoms with Gasteiger partial charge >= 0.3 is 6.18 Å². The van der Waals surface area contributed by atoms with Crippen LogP contribution in [0.4, 0.5) is 13.2 Å². The minimum absolute atomic E-state index is 0. The van der Waals surface area contributed by atoms with E-state index < -0.39 is 23.6 Å². The standard InChI is InChI=1S/C18H25F3N4O.2ClH/c1-5-17(6-2,10-22)24-15(26)12-7-8-14-13(9-12)23-16(18(19,20)21)25(14)11(3)4;;/h7-9,11H,5-6,10,22H2,1-4H3,(H,24,26);2*1H. The SMILES string of the molecule is CCC(CC)(CN)NC(=O)c1ccc2c(c1)nc(C(F)(F)F)n2C(C)C.Cl.Cl. The van der Waals surface area contributed by atoms with Crippen LogP contribution in [-0.4, -0.2) is 27.5 Å². The van der Waals surface area contributed by atoms with Crippen molar-refractivity contribution in [1.29, 1.82) is 0 Å². The van der Waals surface area contributed by atoms with Gasteiger partial charge in [0.1, 0.15) is 0 Å². The molecule has 0 aliphatic heterocycles. The molecule has 0 saturated carbocycles. The molecule has 0 saturated heterocycles. The maximum absolute atomic E-state index is 13.3. The summed E-state index contributed by atoms with van der Waals surface area (Å²) in [7, 11) is 0. The molecule has 0 aliphatic carbocycles. The lowest BCUT2D eigenvalue weighted by molar-refractivity contribution is -0.147. The second kappa shape index (κ2) is 9.80. The number of amides is 1. The first-order valence-corrected chi connectivity index (χ1v) is 8.70. The smallest absolute Gasteiger partial charge is 0.345 e. The summed E-state index contributed by atoms with van der Waals surface area (Å²) in [6.07, 6.45) is -3.24. The monoisotopic (exact) mass is 442 g/mol. The predicted molar refractivity (Wildman–Crippen MR) is 109 cm³/mol. The second-order valence-electron chi connectivity index (χ2n) is 6.75. The van der Waals surface area contributed by atoms with Crippen LogP contribution in [0.2, 0.25) is 0 Å². The van der Waals surface area contributed by atoms with Crippen LogP contribution < -0.4 is 11.1 Å². The van der Waals surface area contributed by atoms with E-state index in [1.165, 1.54) is 18.2 Å². The van der Waals surface area contributed by atoms with Crippen LogP contribution in [0.25, 0.3) is 11.0 Å². The number of hydrogen-bond acceptors (Lipinski definition) is 3. The lowest BCUT2D eigenvalue weighted by Crippen LogP contribution is -2.52. The third kappa shape index (κ3) is 5.10. The van der Waals surface area contributed by atoms with Gasteiger partial charge in [-0.25, -0.2) is 4.98 Å². The Morgan fingerprint density at radius 3 is 2.21 bits per heavy atom. The van der Waals surface area contributed by atoms with E-state index in [0.29, 0.717) is 18.4 Å². The van der Waals surface area contributed by atoms with Gasteiger partial charge < -0.3 is 15.6 Å². The number of carbonyl (C=O) groups is 1. The van der Waals surface area contributed by atoms with Gasteiger partial charge in [-0.1, -0.05) is 13.8 Å². The topological polar surface area (TPSA) is 72.9 Å². The van der Waals surface area contributed by atoms with E-state index in [1.54, 1.807) is 13.8 Å². The summed E-state index contributed by atoms with van der Waals surface area (Å²) in [5, 5.41) is 2.91. The number of aromatic nitrogens is 2. The first kappa shape index (κ1) is 26.5. The van der Waals surface area contributed by atoms with Crippen molar-refractivity contribution in [3.8, 4) is 0 Å². The Morgan fingerprint density at radius 1 is 1.21 bits per heavy atom. The molecule has 3 N–H and O–H groups in total. The highest BCUT2D eigenvalue weighted by molar-refractivity contribution is 5.98. The fraction of sp³-hybridized carbons (Fsp3) is 0.556. The van der Waals surface area contributed by atoms with E-state index in [1.807, 2.05) is 13.8 Å². The molecule has 0 atom stereocenters. The van der Waals surface area contributed by atoms with Crippen molar-refractivity contribution in [3.63, 3.8) is 0 Å². The Hall–Kier alpha value is -1.51. The first-order chi connectivity index (χ1) is 12.1. The van der Waals surface area contributed by atoms with Gasteiger partial charge in [0, 0.05) is 18.2 Å². The van der Waals surface area contributed by atoms with E-state index in [9.17, 15) is 18.0 Å². The summed E-state index contributed by atoms with van der Waals surface area (Å²) in [6, 6.07) is 4.01. The minimum atomic E-state index is -4.56. The summed E-state index contributed by atoms with van der Waals surface area (Å²) < 4.78 is 41.0. The van der Waals surface area contributed by atoms with Gasteiger partial charge in [-0.05, 0) is 44.9 Å². The average molecular weight is 443 g/mol. The predicted octanol–water partition coefficient (Wildman–Crippen LogP) is 4.73. The van der Waals surface area contributed by atoms with Crippen LogP contribution in [0.1, 0.15) is 62.8 Å². The number of nitrogens with zero attached hydrogens (tertiary/aromatic N) is 2. The Morgan fingerprint density at radius 2 is 1.79 bits per heavy atom. The second-order valence-corrected chi connectivity index (χ2v) is 6.75. The van der Waals surface area contributed by atoms with E-state index in [-0.39, 0.29) is 48.3 Å². The summed E-state index contributed by atoms with van der Waals surface area (Å²) in [4.78, 5) is 16.3. The number of halogens is 5. The minimum Gasteiger partial charge on any atom is -0.345 e. The molecule has 28 heavy (non-hydrogen) atoms. The zero-order valence-electron chi connectivity index (χ0n) is 16.3. The number of hydrogen-bond donors (Lipinski definition) is 2. The van der Waals surface area contributed by atoms with Crippen molar-refractivity contribution in [3.05, 3.63) is 29.6 Å². The van der Waals surface area contributed by atoms with Gasteiger partial charge in [-0.2, -0.15) is 13.2 Å². The highest BCUT2D eigenvalue weighted by Gasteiger charge is 2.38.